The van der Waals surface area contributed by atoms with E-state index in [1.807, 2.05) is 50.2 Å². The number of carbonyl (C=O) groups is 2. The van der Waals surface area contributed by atoms with Gasteiger partial charge in [0.1, 0.15) is 48.9 Å². The van der Waals surface area contributed by atoms with E-state index in [1.165, 1.54) is 13.3 Å². The van der Waals surface area contributed by atoms with Crippen LogP contribution in [0.5, 0.6) is 23.0 Å². The van der Waals surface area contributed by atoms with Crippen LogP contribution < -0.4 is 29.6 Å². The summed E-state index contributed by atoms with van der Waals surface area (Å²) in [7, 11) is 1.51. The molecule has 0 aliphatic heterocycles. The third-order valence-corrected chi connectivity index (χ3v) is 10.2. The molecule has 14 nitrogen and oxygen atoms in total. The topological polar surface area (TPSA) is 213 Å². The number of nitrogens with zero attached hydrogens (tertiary/aromatic N) is 2. The van der Waals surface area contributed by atoms with Gasteiger partial charge in [-0.2, -0.15) is 5.26 Å². The molecule has 0 aliphatic rings. The molecule has 5 rings (SSSR count). The molecule has 0 saturated heterocycles. The van der Waals surface area contributed by atoms with Crippen LogP contribution in [0.25, 0.3) is 11.1 Å². The molecule has 0 amide bonds. The lowest BCUT2D eigenvalue weighted by Crippen LogP contribution is -2.32. The fraction of sp³-hybridized carbons (Fsp3) is 0.273. The van der Waals surface area contributed by atoms with Crippen molar-refractivity contribution in [3.8, 4) is 40.2 Å². The Balaban J connectivity index is 1.31. The van der Waals surface area contributed by atoms with Crippen LogP contribution in [-0.2, 0) is 42.5 Å². The van der Waals surface area contributed by atoms with E-state index in [9.17, 15) is 25.1 Å². The van der Waals surface area contributed by atoms with E-state index < -0.39 is 24.1 Å². The summed E-state index contributed by atoms with van der Waals surface area (Å²) in [6.07, 6.45) is -0.0938. The number of aliphatic hydroxyl groups excluding tert-OH is 2. The van der Waals surface area contributed by atoms with Crippen molar-refractivity contribution >= 4 is 35.1 Å². The molecule has 314 valence electrons. The second-order valence-electron chi connectivity index (χ2n) is 13.7. The standard InChI is InChI=1S/C44H44Cl2N4O10/c1-25-29(23-59-41-13-39(57-3)31(11-35(41)45)18-49-20-37(51)43(53)54)6-4-8-33(25)34-9-5-7-30(26(34)2)24-60-42-14-40(58-22-28-10-27(15-47)16-48-17-28)32(12-36(42)46)19-50-21-38(52)44(55)56/h4-14,16-17,37-38,49-52H,18-24H2,1-3H3,(H,53,54)(H,55,56)/t37-,38-/m0/s1. The highest BCUT2D eigenvalue weighted by Crippen LogP contribution is 2.37. The van der Waals surface area contributed by atoms with E-state index in [0.717, 1.165) is 33.4 Å². The molecule has 0 unspecified atom stereocenters. The van der Waals surface area contributed by atoms with E-state index >= 15 is 0 Å². The van der Waals surface area contributed by atoms with Crippen molar-refractivity contribution in [3.63, 3.8) is 0 Å². The first-order valence-corrected chi connectivity index (χ1v) is 19.4. The summed E-state index contributed by atoms with van der Waals surface area (Å²) in [5.41, 5.74) is 8.11. The number of pyridine rings is 1. The molecule has 4 aromatic carbocycles. The van der Waals surface area contributed by atoms with E-state index in [2.05, 4.69) is 21.7 Å². The molecule has 2 atom stereocenters. The maximum Gasteiger partial charge on any atom is 0.333 e. The van der Waals surface area contributed by atoms with Crippen molar-refractivity contribution in [2.75, 3.05) is 20.2 Å². The van der Waals surface area contributed by atoms with E-state index in [1.54, 1.807) is 36.5 Å². The fourth-order valence-electron chi connectivity index (χ4n) is 6.20. The molecule has 0 saturated carbocycles. The third kappa shape index (κ3) is 11.9. The van der Waals surface area contributed by atoms with Crippen LogP contribution in [0.2, 0.25) is 10.0 Å². The van der Waals surface area contributed by atoms with Gasteiger partial charge in [-0.05, 0) is 65.4 Å². The first kappa shape index (κ1) is 45.2. The van der Waals surface area contributed by atoms with Crippen LogP contribution in [0.15, 0.2) is 79.1 Å². The Kier molecular flexibility index (Phi) is 16.1. The highest BCUT2D eigenvalue weighted by Gasteiger charge is 2.18. The number of aliphatic hydroxyl groups is 2. The molecule has 0 aliphatic carbocycles. The van der Waals surface area contributed by atoms with E-state index in [-0.39, 0.29) is 46.0 Å². The van der Waals surface area contributed by atoms with Crippen LogP contribution in [0.3, 0.4) is 0 Å². The Morgan fingerprint density at radius 2 is 1.18 bits per heavy atom. The number of halogens is 2. The number of hydrogen-bond acceptors (Lipinski definition) is 12. The number of methoxy groups -OCH3 is 1. The van der Waals surface area contributed by atoms with Crippen molar-refractivity contribution in [3.05, 3.63) is 134 Å². The predicted molar refractivity (Wildman–Crippen MR) is 223 cm³/mol. The predicted octanol–water partition coefficient (Wildman–Crippen LogP) is 6.36. The zero-order valence-electron chi connectivity index (χ0n) is 33.0. The summed E-state index contributed by atoms with van der Waals surface area (Å²) >= 11 is 13.3. The lowest BCUT2D eigenvalue weighted by molar-refractivity contribution is -0.147. The Morgan fingerprint density at radius 3 is 1.67 bits per heavy atom. The Labute approximate surface area is 356 Å². The summed E-state index contributed by atoms with van der Waals surface area (Å²) in [4.78, 5) is 26.1. The average molecular weight is 860 g/mol. The van der Waals surface area contributed by atoms with Crippen LogP contribution in [-0.4, -0.2) is 69.8 Å². The molecule has 5 aromatic rings. The minimum atomic E-state index is -1.59. The monoisotopic (exact) mass is 858 g/mol. The normalized spacial score (nSPS) is 12.0. The number of ether oxygens (including phenoxy) is 4. The smallest absolute Gasteiger partial charge is 0.333 e. The molecule has 0 fully saturated rings. The van der Waals surface area contributed by atoms with Gasteiger partial charge in [-0.3, -0.25) is 4.98 Å². The molecular formula is C44H44Cl2N4O10. The summed E-state index contributed by atoms with van der Waals surface area (Å²) in [5, 5.41) is 53.0. The Hall–Kier alpha value is -5.92. The highest BCUT2D eigenvalue weighted by molar-refractivity contribution is 6.32. The third-order valence-electron chi connectivity index (χ3n) is 9.59. The van der Waals surface area contributed by atoms with Gasteiger partial charge in [-0.15, -0.1) is 0 Å². The first-order valence-electron chi connectivity index (χ1n) is 18.6. The quantitative estimate of drug-likeness (QED) is 0.0474. The van der Waals surface area contributed by atoms with Gasteiger partial charge in [0.05, 0.1) is 22.7 Å². The Morgan fingerprint density at radius 1 is 0.700 bits per heavy atom. The zero-order chi connectivity index (χ0) is 43.3. The summed E-state index contributed by atoms with van der Waals surface area (Å²) in [6.45, 7) is 4.49. The van der Waals surface area contributed by atoms with Gasteiger partial charge in [-0.1, -0.05) is 59.6 Å². The first-order chi connectivity index (χ1) is 28.8. The number of benzene rings is 4. The second kappa shape index (κ2) is 21.4. The van der Waals surface area contributed by atoms with Gasteiger partial charge >= 0.3 is 11.9 Å². The Bertz CT molecular complexity index is 2370. The van der Waals surface area contributed by atoms with E-state index in [4.69, 9.17) is 52.4 Å². The van der Waals surface area contributed by atoms with Gasteiger partial charge < -0.3 is 50.0 Å². The summed E-state index contributed by atoms with van der Waals surface area (Å²) < 4.78 is 24.1. The van der Waals surface area contributed by atoms with Crippen molar-refractivity contribution in [2.45, 2.75) is 59.0 Å². The molecule has 0 spiro atoms. The fourth-order valence-corrected chi connectivity index (χ4v) is 6.68. The van der Waals surface area contributed by atoms with Crippen molar-refractivity contribution < 1.29 is 49.0 Å². The number of nitriles is 1. The van der Waals surface area contributed by atoms with Gasteiger partial charge in [-0.25, -0.2) is 9.59 Å². The van der Waals surface area contributed by atoms with Crippen LogP contribution in [0, 0.1) is 25.2 Å². The van der Waals surface area contributed by atoms with Crippen LogP contribution in [0.1, 0.15) is 44.5 Å². The molecule has 1 heterocycles. The van der Waals surface area contributed by atoms with Crippen LogP contribution >= 0.6 is 23.2 Å². The largest absolute Gasteiger partial charge is 0.496 e. The molecule has 1 aromatic heterocycles. The van der Waals surface area contributed by atoms with Crippen LogP contribution in [0.4, 0.5) is 0 Å². The lowest BCUT2D eigenvalue weighted by atomic mass is 9.92. The number of aliphatic carboxylic acids is 2. The van der Waals surface area contributed by atoms with Gasteiger partial charge in [0, 0.05) is 67.4 Å². The molecule has 0 bridgehead atoms. The number of aromatic nitrogens is 1. The summed E-state index contributed by atoms with van der Waals surface area (Å²) in [6, 6.07) is 22.3. The second-order valence-corrected chi connectivity index (χ2v) is 14.5. The maximum atomic E-state index is 11.1. The van der Waals surface area contributed by atoms with E-state index in [0.29, 0.717) is 55.3 Å². The number of hydrogen-bond donors (Lipinski definition) is 6. The van der Waals surface area contributed by atoms with Crippen molar-refractivity contribution in [1.29, 1.82) is 5.26 Å². The maximum absolute atomic E-state index is 11.1. The van der Waals surface area contributed by atoms with Crippen molar-refractivity contribution in [2.24, 2.45) is 0 Å². The van der Waals surface area contributed by atoms with Gasteiger partial charge in [0.25, 0.3) is 0 Å². The number of carboxylic acid groups (broad SMARTS) is 2. The lowest BCUT2D eigenvalue weighted by Gasteiger charge is -2.19. The SMILES string of the molecule is COc1cc(OCc2cccc(-c3cccc(COc4cc(OCc5cncc(C#N)c5)c(CNC[C@H](O)C(=O)O)cc4Cl)c3C)c2C)c(Cl)cc1CNC[C@H](O)C(=O)O. The van der Waals surface area contributed by atoms with Crippen molar-refractivity contribution in [1.82, 2.24) is 15.6 Å². The molecule has 16 heteroatoms. The minimum Gasteiger partial charge on any atom is -0.496 e. The molecule has 0 radical (unpaired) electrons. The molecule has 6 N–H and O–H groups in total. The molecule has 60 heavy (non-hydrogen) atoms. The average Bonchev–Trinajstić information content (AvgIpc) is 3.23. The van der Waals surface area contributed by atoms with Gasteiger partial charge in [0.15, 0.2) is 12.2 Å². The number of carboxylic acids is 2. The highest BCUT2D eigenvalue weighted by atomic mass is 35.5. The zero-order valence-corrected chi connectivity index (χ0v) is 34.5. The number of rotatable bonds is 21. The minimum absolute atomic E-state index is 0.0776. The van der Waals surface area contributed by atoms with Gasteiger partial charge in [0.2, 0.25) is 0 Å². The molecular weight excluding hydrogens is 815 g/mol. The number of nitrogens with one attached hydrogen (secondary N) is 2. The summed E-state index contributed by atoms with van der Waals surface area (Å²) in [5.74, 6) is -1.03.